The average Bonchev–Trinajstić information content (AvgIpc) is 2.59. The van der Waals surface area contributed by atoms with E-state index in [-0.39, 0.29) is 11.6 Å². The van der Waals surface area contributed by atoms with Gasteiger partial charge in [0.25, 0.3) is 11.6 Å². The van der Waals surface area contributed by atoms with Crippen molar-refractivity contribution in [2.24, 2.45) is 0 Å². The van der Waals surface area contributed by atoms with Gasteiger partial charge in [0.2, 0.25) is 0 Å². The molecule has 0 spiro atoms. The summed E-state index contributed by atoms with van der Waals surface area (Å²) in [5.41, 5.74) is 1.86. The molecule has 0 fully saturated rings. The molecule has 2 aromatic carbocycles. The van der Waals surface area contributed by atoms with E-state index in [9.17, 15) is 14.9 Å². The first-order valence-electron chi connectivity index (χ1n) is 7.95. The van der Waals surface area contributed by atoms with Crippen LogP contribution in [0.4, 0.5) is 11.4 Å². The van der Waals surface area contributed by atoms with Crippen LogP contribution in [-0.4, -0.2) is 30.0 Å². The highest BCUT2D eigenvalue weighted by Crippen LogP contribution is 2.15. The second-order valence-electron chi connectivity index (χ2n) is 5.60. The highest BCUT2D eigenvalue weighted by molar-refractivity contribution is 5.80. The van der Waals surface area contributed by atoms with E-state index in [0.29, 0.717) is 18.8 Å². The molecule has 0 aromatic heterocycles. The summed E-state index contributed by atoms with van der Waals surface area (Å²) in [6.45, 7) is 4.57. The van der Waals surface area contributed by atoms with Gasteiger partial charge in [0.1, 0.15) is 5.75 Å². The first-order valence-corrected chi connectivity index (χ1v) is 7.95. The Hall–Kier alpha value is -3.09. The fourth-order valence-electron chi connectivity index (χ4n) is 2.18. The summed E-state index contributed by atoms with van der Waals surface area (Å²) in [6, 6.07) is 13.6. The molecule has 2 N–H and O–H groups in total. The van der Waals surface area contributed by atoms with E-state index in [1.807, 2.05) is 31.2 Å². The van der Waals surface area contributed by atoms with Crippen LogP contribution >= 0.6 is 0 Å². The first-order chi connectivity index (χ1) is 12.0. The minimum atomic E-state index is -0.596. The Balaban J connectivity index is 1.71. The number of carbonyl (C=O) groups excluding carboxylic acids is 1. The number of non-ortho nitro benzene ring substituents is 1. The van der Waals surface area contributed by atoms with Crippen molar-refractivity contribution in [3.8, 4) is 5.75 Å². The highest BCUT2D eigenvalue weighted by Gasteiger charge is 2.13. The van der Waals surface area contributed by atoms with Crippen LogP contribution in [0.5, 0.6) is 5.75 Å². The lowest BCUT2D eigenvalue weighted by Crippen LogP contribution is -2.38. The largest absolute Gasteiger partial charge is 0.481 e. The van der Waals surface area contributed by atoms with Crippen molar-refractivity contribution < 1.29 is 14.5 Å². The molecule has 0 aliphatic heterocycles. The Kier molecular flexibility index (Phi) is 6.33. The van der Waals surface area contributed by atoms with E-state index in [1.165, 1.54) is 12.1 Å². The van der Waals surface area contributed by atoms with Crippen molar-refractivity contribution >= 4 is 17.3 Å². The lowest BCUT2D eigenvalue weighted by Gasteiger charge is -2.15. The maximum atomic E-state index is 12.0. The van der Waals surface area contributed by atoms with Crippen LogP contribution in [0, 0.1) is 17.0 Å². The summed E-state index contributed by atoms with van der Waals surface area (Å²) in [7, 11) is 0. The normalized spacial score (nSPS) is 11.4. The molecule has 1 amide bonds. The zero-order valence-corrected chi connectivity index (χ0v) is 14.2. The van der Waals surface area contributed by atoms with Gasteiger partial charge in [0.15, 0.2) is 6.10 Å². The fourth-order valence-corrected chi connectivity index (χ4v) is 2.18. The van der Waals surface area contributed by atoms with Crippen LogP contribution in [0.2, 0.25) is 0 Å². The van der Waals surface area contributed by atoms with E-state index in [1.54, 1.807) is 19.1 Å². The molecule has 0 aliphatic rings. The molecular weight excluding hydrogens is 322 g/mol. The molecule has 0 heterocycles. The van der Waals surface area contributed by atoms with Gasteiger partial charge in [-0.25, -0.2) is 0 Å². The number of benzene rings is 2. The number of anilines is 1. The molecule has 0 saturated carbocycles. The molecule has 0 unspecified atom stereocenters. The van der Waals surface area contributed by atoms with E-state index in [2.05, 4.69) is 10.6 Å². The van der Waals surface area contributed by atoms with Gasteiger partial charge in [-0.15, -0.1) is 0 Å². The minimum Gasteiger partial charge on any atom is -0.481 e. The third kappa shape index (κ3) is 5.80. The molecule has 2 rings (SSSR count). The van der Waals surface area contributed by atoms with Gasteiger partial charge >= 0.3 is 0 Å². The topological polar surface area (TPSA) is 93.5 Å². The molecule has 132 valence electrons. The predicted octanol–water partition coefficient (Wildman–Crippen LogP) is 2.90. The van der Waals surface area contributed by atoms with Crippen molar-refractivity contribution in [3.63, 3.8) is 0 Å². The lowest BCUT2D eigenvalue weighted by atomic mass is 10.2. The SMILES string of the molecule is Cc1cccc(O[C@@H](C)C(=O)NCCNc2ccc([N+](=O)[O-])cc2)c1. The highest BCUT2D eigenvalue weighted by atomic mass is 16.6. The number of rotatable bonds is 8. The van der Waals surface area contributed by atoms with Crippen LogP contribution in [0.3, 0.4) is 0 Å². The Bertz CT molecular complexity index is 731. The van der Waals surface area contributed by atoms with Crippen molar-refractivity contribution in [1.82, 2.24) is 5.32 Å². The predicted molar refractivity (Wildman–Crippen MR) is 95.9 cm³/mol. The van der Waals surface area contributed by atoms with E-state index < -0.39 is 11.0 Å². The number of hydrogen-bond acceptors (Lipinski definition) is 5. The summed E-state index contributed by atoms with van der Waals surface area (Å²) in [4.78, 5) is 22.2. The Morgan fingerprint density at radius 3 is 2.56 bits per heavy atom. The number of amides is 1. The molecule has 0 aliphatic carbocycles. The lowest BCUT2D eigenvalue weighted by molar-refractivity contribution is -0.384. The zero-order valence-electron chi connectivity index (χ0n) is 14.2. The van der Waals surface area contributed by atoms with Crippen LogP contribution in [-0.2, 0) is 4.79 Å². The number of ether oxygens (including phenoxy) is 1. The quantitative estimate of drug-likeness (QED) is 0.437. The molecule has 0 saturated heterocycles. The zero-order chi connectivity index (χ0) is 18.2. The van der Waals surface area contributed by atoms with Crippen LogP contribution in [0.1, 0.15) is 12.5 Å². The van der Waals surface area contributed by atoms with E-state index in [4.69, 9.17) is 4.74 Å². The molecular formula is C18H21N3O4. The number of nitro groups is 1. The van der Waals surface area contributed by atoms with Gasteiger partial charge < -0.3 is 15.4 Å². The Morgan fingerprint density at radius 1 is 1.20 bits per heavy atom. The number of nitro benzene ring substituents is 1. The number of nitrogens with one attached hydrogen (secondary N) is 2. The summed E-state index contributed by atoms with van der Waals surface area (Å²) >= 11 is 0. The average molecular weight is 343 g/mol. The Morgan fingerprint density at radius 2 is 1.92 bits per heavy atom. The number of aryl methyl sites for hydroxylation is 1. The monoisotopic (exact) mass is 343 g/mol. The smallest absolute Gasteiger partial charge is 0.269 e. The molecule has 7 heteroatoms. The summed E-state index contributed by atoms with van der Waals surface area (Å²) in [6.07, 6.45) is -0.596. The van der Waals surface area contributed by atoms with Crippen molar-refractivity contribution in [3.05, 3.63) is 64.2 Å². The molecule has 7 nitrogen and oxygen atoms in total. The minimum absolute atomic E-state index is 0.0426. The molecule has 2 aromatic rings. The van der Waals surface area contributed by atoms with Crippen molar-refractivity contribution in [2.75, 3.05) is 18.4 Å². The van der Waals surface area contributed by atoms with E-state index >= 15 is 0 Å². The molecule has 25 heavy (non-hydrogen) atoms. The summed E-state index contributed by atoms with van der Waals surface area (Å²) in [5, 5.41) is 16.5. The second-order valence-corrected chi connectivity index (χ2v) is 5.60. The van der Waals surface area contributed by atoms with Gasteiger partial charge in [0, 0.05) is 30.9 Å². The molecule has 1 atom stereocenters. The van der Waals surface area contributed by atoms with Crippen molar-refractivity contribution in [2.45, 2.75) is 20.0 Å². The Labute approximate surface area is 146 Å². The summed E-state index contributed by atoms with van der Waals surface area (Å²) < 4.78 is 5.61. The maximum absolute atomic E-state index is 12.0. The van der Waals surface area contributed by atoms with Gasteiger partial charge in [-0.2, -0.15) is 0 Å². The third-order valence-corrected chi connectivity index (χ3v) is 3.50. The van der Waals surface area contributed by atoms with Gasteiger partial charge in [0.05, 0.1) is 4.92 Å². The number of nitrogens with zero attached hydrogens (tertiary/aromatic N) is 1. The van der Waals surface area contributed by atoms with Gasteiger partial charge in [-0.05, 0) is 43.7 Å². The van der Waals surface area contributed by atoms with Crippen molar-refractivity contribution in [1.29, 1.82) is 0 Å². The van der Waals surface area contributed by atoms with Crippen LogP contribution in [0.25, 0.3) is 0 Å². The van der Waals surface area contributed by atoms with Gasteiger partial charge in [-0.1, -0.05) is 12.1 Å². The first kappa shape index (κ1) is 18.3. The maximum Gasteiger partial charge on any atom is 0.269 e. The standard InChI is InChI=1S/C18H21N3O4/c1-13-4-3-5-17(12-13)25-14(2)18(22)20-11-10-19-15-6-8-16(9-7-15)21(23)24/h3-9,12,14,19H,10-11H2,1-2H3,(H,20,22)/t14-/m0/s1. The van der Waals surface area contributed by atoms with Crippen LogP contribution < -0.4 is 15.4 Å². The van der Waals surface area contributed by atoms with Crippen LogP contribution in [0.15, 0.2) is 48.5 Å². The second kappa shape index (κ2) is 8.68. The molecule has 0 radical (unpaired) electrons. The fraction of sp³-hybridized carbons (Fsp3) is 0.278. The summed E-state index contributed by atoms with van der Waals surface area (Å²) in [5.74, 6) is 0.457. The molecule has 0 bridgehead atoms. The third-order valence-electron chi connectivity index (χ3n) is 3.50. The number of carbonyl (C=O) groups is 1. The van der Waals surface area contributed by atoms with E-state index in [0.717, 1.165) is 11.3 Å². The number of hydrogen-bond donors (Lipinski definition) is 2. The van der Waals surface area contributed by atoms with Gasteiger partial charge in [-0.3, -0.25) is 14.9 Å².